The number of carbonyl (C=O) groups excluding carboxylic acids is 1. The Morgan fingerprint density at radius 2 is 2.24 bits per heavy atom. The van der Waals surface area contributed by atoms with Crippen molar-refractivity contribution in [3.05, 3.63) is 29.8 Å². The van der Waals surface area contributed by atoms with Crippen molar-refractivity contribution in [2.24, 2.45) is 11.7 Å². The van der Waals surface area contributed by atoms with Crippen LogP contribution in [0.5, 0.6) is 0 Å². The Morgan fingerprint density at radius 1 is 1.59 bits per heavy atom. The molecule has 0 heterocycles. The molecule has 4 nitrogen and oxygen atoms in total. The van der Waals surface area contributed by atoms with E-state index in [4.69, 9.17) is 23.2 Å². The fourth-order valence-electron chi connectivity index (χ4n) is 1.27. The highest BCUT2D eigenvalue weighted by Crippen LogP contribution is 2.14. The summed E-state index contributed by atoms with van der Waals surface area (Å²) in [5.41, 5.74) is 6.38. The number of benzene rings is 1. The molecule has 0 aliphatic heterocycles. The topological polar surface area (TPSA) is 78.9 Å². The molecular weight excluding hydrogens is 234 g/mol. The number of nitrogens with zero attached hydrogens (tertiary/aromatic N) is 1. The maximum atomic E-state index is 11.7. The van der Waals surface area contributed by atoms with E-state index < -0.39 is 0 Å². The lowest BCUT2D eigenvalue weighted by Crippen LogP contribution is -2.24. The number of nitrogens with one attached hydrogen (secondary N) is 1. The van der Waals surface area contributed by atoms with Crippen LogP contribution in [0.3, 0.4) is 0 Å². The fraction of sp³-hybridized carbons (Fsp3) is 0.250. The number of thiocarbonyl (C=S) groups is 1. The van der Waals surface area contributed by atoms with Crippen LogP contribution in [0, 0.1) is 17.2 Å². The number of hydrogen-bond acceptors (Lipinski definition) is 3. The summed E-state index contributed by atoms with van der Waals surface area (Å²) in [4.78, 5) is 12.0. The second kappa shape index (κ2) is 5.97. The summed E-state index contributed by atoms with van der Waals surface area (Å²) >= 11 is 4.80. The molecular formula is C12H13N3OS. The lowest BCUT2D eigenvalue weighted by molar-refractivity contribution is -0.116. The van der Waals surface area contributed by atoms with Crippen molar-refractivity contribution in [2.45, 2.75) is 13.3 Å². The van der Waals surface area contributed by atoms with E-state index in [1.807, 2.05) is 6.07 Å². The Balaban J connectivity index is 2.69. The number of hydrogen-bond donors (Lipinski definition) is 2. The zero-order valence-electron chi connectivity index (χ0n) is 9.43. The standard InChI is InChI=1S/C12H13N3OS/c1-8(12(14)17)6-11(16)15-10-5-3-2-4-9(10)7-13/h2-5,8H,6H2,1H3,(H2,14,17)(H,15,16). The van der Waals surface area contributed by atoms with Gasteiger partial charge in [0.05, 0.1) is 16.2 Å². The minimum absolute atomic E-state index is 0.153. The van der Waals surface area contributed by atoms with Gasteiger partial charge in [-0.05, 0) is 12.1 Å². The minimum Gasteiger partial charge on any atom is -0.393 e. The largest absolute Gasteiger partial charge is 0.393 e. The van der Waals surface area contributed by atoms with E-state index in [-0.39, 0.29) is 18.2 Å². The monoisotopic (exact) mass is 247 g/mol. The summed E-state index contributed by atoms with van der Waals surface area (Å²) in [5.74, 6) is -0.354. The van der Waals surface area contributed by atoms with E-state index in [9.17, 15) is 4.79 Å². The van der Waals surface area contributed by atoms with E-state index in [1.54, 1.807) is 31.2 Å². The molecule has 3 N–H and O–H groups in total. The number of para-hydroxylation sites is 1. The molecule has 0 saturated heterocycles. The highest BCUT2D eigenvalue weighted by Gasteiger charge is 2.12. The number of carbonyl (C=O) groups is 1. The first-order chi connectivity index (χ1) is 8.04. The molecule has 0 radical (unpaired) electrons. The molecule has 1 aromatic carbocycles. The maximum absolute atomic E-state index is 11.7. The number of rotatable bonds is 4. The van der Waals surface area contributed by atoms with Crippen molar-refractivity contribution in [3.8, 4) is 6.07 Å². The molecule has 1 aromatic rings. The molecule has 0 aromatic heterocycles. The van der Waals surface area contributed by atoms with E-state index in [0.29, 0.717) is 16.2 Å². The summed E-state index contributed by atoms with van der Waals surface area (Å²) in [6, 6.07) is 8.84. The maximum Gasteiger partial charge on any atom is 0.225 e. The van der Waals surface area contributed by atoms with E-state index in [1.165, 1.54) is 0 Å². The van der Waals surface area contributed by atoms with Crippen LogP contribution in [0.1, 0.15) is 18.9 Å². The highest BCUT2D eigenvalue weighted by molar-refractivity contribution is 7.80. The number of anilines is 1. The van der Waals surface area contributed by atoms with Gasteiger partial charge in [0, 0.05) is 12.3 Å². The van der Waals surface area contributed by atoms with Crippen molar-refractivity contribution >= 4 is 28.8 Å². The Kier molecular flexibility index (Phi) is 4.61. The van der Waals surface area contributed by atoms with Gasteiger partial charge in [-0.25, -0.2) is 0 Å². The first kappa shape index (κ1) is 13.1. The third-order valence-corrected chi connectivity index (χ3v) is 2.70. The van der Waals surface area contributed by atoms with Gasteiger partial charge in [0.1, 0.15) is 6.07 Å². The van der Waals surface area contributed by atoms with Crippen molar-refractivity contribution in [1.29, 1.82) is 5.26 Å². The summed E-state index contributed by atoms with van der Waals surface area (Å²) in [7, 11) is 0. The van der Waals surface area contributed by atoms with E-state index in [2.05, 4.69) is 5.32 Å². The van der Waals surface area contributed by atoms with Crippen LogP contribution in [0.15, 0.2) is 24.3 Å². The average Bonchev–Trinajstić information content (AvgIpc) is 2.29. The summed E-state index contributed by atoms with van der Waals surface area (Å²) in [6.07, 6.45) is 0.217. The molecule has 0 aliphatic rings. The molecule has 1 rings (SSSR count). The van der Waals surface area contributed by atoms with Crippen LogP contribution in [-0.2, 0) is 4.79 Å². The van der Waals surface area contributed by atoms with E-state index >= 15 is 0 Å². The zero-order valence-corrected chi connectivity index (χ0v) is 10.3. The van der Waals surface area contributed by atoms with Crippen LogP contribution in [0.2, 0.25) is 0 Å². The van der Waals surface area contributed by atoms with Gasteiger partial charge in [0.15, 0.2) is 0 Å². The third-order valence-electron chi connectivity index (χ3n) is 2.30. The SMILES string of the molecule is CC(CC(=O)Nc1ccccc1C#N)C(N)=S. The van der Waals surface area contributed by atoms with Gasteiger partial charge in [-0.1, -0.05) is 31.3 Å². The van der Waals surface area contributed by atoms with Gasteiger partial charge < -0.3 is 11.1 Å². The first-order valence-electron chi connectivity index (χ1n) is 5.13. The van der Waals surface area contributed by atoms with Crippen molar-refractivity contribution in [3.63, 3.8) is 0 Å². The Bertz CT molecular complexity index is 479. The molecule has 0 saturated carbocycles. The molecule has 1 unspecified atom stereocenters. The van der Waals surface area contributed by atoms with Crippen LogP contribution >= 0.6 is 12.2 Å². The Morgan fingerprint density at radius 3 is 2.82 bits per heavy atom. The summed E-state index contributed by atoms with van der Waals surface area (Å²) < 4.78 is 0. The quantitative estimate of drug-likeness (QED) is 0.795. The van der Waals surface area contributed by atoms with E-state index in [0.717, 1.165) is 0 Å². The highest BCUT2D eigenvalue weighted by atomic mass is 32.1. The van der Waals surface area contributed by atoms with Gasteiger partial charge in [0.25, 0.3) is 0 Å². The number of nitriles is 1. The molecule has 17 heavy (non-hydrogen) atoms. The number of amides is 1. The smallest absolute Gasteiger partial charge is 0.225 e. The van der Waals surface area contributed by atoms with Crippen LogP contribution in [0.25, 0.3) is 0 Å². The Labute approximate surface area is 105 Å². The third kappa shape index (κ3) is 3.85. The van der Waals surface area contributed by atoms with Crippen molar-refractivity contribution in [2.75, 3.05) is 5.32 Å². The lowest BCUT2D eigenvalue weighted by Gasteiger charge is -2.10. The molecule has 5 heteroatoms. The molecule has 1 atom stereocenters. The molecule has 1 amide bonds. The van der Waals surface area contributed by atoms with Crippen molar-refractivity contribution < 1.29 is 4.79 Å². The van der Waals surface area contributed by atoms with Gasteiger partial charge in [-0.3, -0.25) is 4.79 Å². The fourth-order valence-corrected chi connectivity index (χ4v) is 1.35. The predicted molar refractivity (Wildman–Crippen MR) is 70.4 cm³/mol. The first-order valence-corrected chi connectivity index (χ1v) is 5.53. The molecule has 0 bridgehead atoms. The molecule has 0 aliphatic carbocycles. The Hall–Kier alpha value is -1.93. The summed E-state index contributed by atoms with van der Waals surface area (Å²) in [6.45, 7) is 1.79. The van der Waals surface area contributed by atoms with Crippen LogP contribution in [0.4, 0.5) is 5.69 Å². The molecule has 88 valence electrons. The normalized spacial score (nSPS) is 11.3. The second-order valence-corrected chi connectivity index (χ2v) is 4.18. The van der Waals surface area contributed by atoms with Gasteiger partial charge in [0.2, 0.25) is 5.91 Å². The van der Waals surface area contributed by atoms with Gasteiger partial charge in [-0.15, -0.1) is 0 Å². The van der Waals surface area contributed by atoms with Crippen molar-refractivity contribution in [1.82, 2.24) is 0 Å². The van der Waals surface area contributed by atoms with Gasteiger partial charge >= 0.3 is 0 Å². The molecule has 0 fully saturated rings. The van der Waals surface area contributed by atoms with Crippen LogP contribution in [-0.4, -0.2) is 10.9 Å². The van der Waals surface area contributed by atoms with Crippen LogP contribution < -0.4 is 11.1 Å². The lowest BCUT2D eigenvalue weighted by atomic mass is 10.1. The summed E-state index contributed by atoms with van der Waals surface area (Å²) in [5, 5.41) is 11.5. The van der Waals surface area contributed by atoms with Gasteiger partial charge in [-0.2, -0.15) is 5.26 Å². The average molecular weight is 247 g/mol. The minimum atomic E-state index is -0.201. The number of nitrogens with two attached hydrogens (primary N) is 1. The second-order valence-electron chi connectivity index (χ2n) is 3.71. The zero-order chi connectivity index (χ0) is 12.8. The predicted octanol–water partition coefficient (Wildman–Crippen LogP) is 1.81. The molecule has 0 spiro atoms.